The van der Waals surface area contributed by atoms with Gasteiger partial charge in [0.25, 0.3) is 0 Å². The summed E-state index contributed by atoms with van der Waals surface area (Å²) in [5, 5.41) is 0. The second kappa shape index (κ2) is 20.4. The molecular formula is C25H41NO3. The van der Waals surface area contributed by atoms with E-state index in [1.807, 2.05) is 12.1 Å². The van der Waals surface area contributed by atoms with Gasteiger partial charge in [-0.15, -0.1) is 0 Å². The Morgan fingerprint density at radius 1 is 0.931 bits per heavy atom. The van der Waals surface area contributed by atoms with Crippen molar-refractivity contribution < 1.29 is 14.3 Å². The van der Waals surface area contributed by atoms with Crippen molar-refractivity contribution in [1.29, 1.82) is 0 Å². The van der Waals surface area contributed by atoms with Crippen LogP contribution < -0.4 is 5.73 Å². The first-order valence-corrected chi connectivity index (χ1v) is 10.6. The lowest BCUT2D eigenvalue weighted by molar-refractivity contribution is -0.137. The summed E-state index contributed by atoms with van der Waals surface area (Å²) in [6, 6.07) is 8.11. The molecule has 29 heavy (non-hydrogen) atoms. The molecule has 0 saturated carbocycles. The van der Waals surface area contributed by atoms with E-state index in [4.69, 9.17) is 5.73 Å². The highest BCUT2D eigenvalue weighted by molar-refractivity contribution is 5.74. The highest BCUT2D eigenvalue weighted by Crippen LogP contribution is 2.11. The first-order valence-electron chi connectivity index (χ1n) is 10.6. The van der Waals surface area contributed by atoms with Crippen molar-refractivity contribution in [2.24, 2.45) is 5.73 Å². The number of methoxy groups -OCH3 is 1. The molecule has 0 aliphatic carbocycles. The molecule has 0 bridgehead atoms. The molecule has 1 aromatic rings. The Morgan fingerprint density at radius 3 is 1.76 bits per heavy atom. The highest BCUT2D eigenvalue weighted by Gasteiger charge is 1.95. The Labute approximate surface area is 178 Å². The smallest absolute Gasteiger partial charge is 0.302 e. The molecule has 0 radical (unpaired) electrons. The van der Waals surface area contributed by atoms with Crippen LogP contribution in [0.15, 0.2) is 42.0 Å². The number of carbonyl (C=O) groups excluding carboxylic acids is 2. The van der Waals surface area contributed by atoms with Crippen LogP contribution in [-0.2, 0) is 20.7 Å². The number of esters is 1. The zero-order valence-electron chi connectivity index (χ0n) is 19.3. The van der Waals surface area contributed by atoms with Crippen molar-refractivity contribution in [3.8, 4) is 0 Å². The molecule has 4 nitrogen and oxygen atoms in total. The van der Waals surface area contributed by atoms with Crippen molar-refractivity contribution in [3.63, 3.8) is 0 Å². The minimum atomic E-state index is -0.245. The summed E-state index contributed by atoms with van der Waals surface area (Å²) in [6.07, 6.45) is 13.8. The number of hydrogen-bond donors (Lipinski definition) is 1. The quantitative estimate of drug-likeness (QED) is 0.174. The zero-order valence-corrected chi connectivity index (χ0v) is 19.3. The highest BCUT2D eigenvalue weighted by atomic mass is 16.5. The van der Waals surface area contributed by atoms with Crippen LogP contribution in [0.5, 0.6) is 0 Å². The van der Waals surface area contributed by atoms with E-state index < -0.39 is 0 Å². The molecular weight excluding hydrogens is 362 g/mol. The lowest BCUT2D eigenvalue weighted by atomic mass is 10.1. The largest absolute Gasteiger partial charge is 0.469 e. The van der Waals surface area contributed by atoms with Crippen molar-refractivity contribution in [2.45, 2.75) is 79.6 Å². The topological polar surface area (TPSA) is 69.4 Å². The minimum absolute atomic E-state index is 0.245. The molecule has 0 saturated heterocycles. The van der Waals surface area contributed by atoms with Gasteiger partial charge in [0.1, 0.15) is 6.29 Å². The molecule has 0 aromatic heterocycles. The molecule has 0 atom stereocenters. The van der Waals surface area contributed by atoms with Gasteiger partial charge in [-0.2, -0.15) is 0 Å². The molecule has 0 amide bonds. The molecule has 0 unspecified atom stereocenters. The van der Waals surface area contributed by atoms with Gasteiger partial charge in [0.15, 0.2) is 0 Å². The second-order valence-electron chi connectivity index (χ2n) is 6.81. The maximum Gasteiger partial charge on any atom is 0.302 e. The Bertz CT molecular complexity index is 595. The molecule has 164 valence electrons. The Morgan fingerprint density at radius 2 is 1.41 bits per heavy atom. The predicted octanol–water partition coefficient (Wildman–Crippen LogP) is 6.24. The Hall–Kier alpha value is -2.36. The van der Waals surface area contributed by atoms with Crippen LogP contribution in [0.25, 0.3) is 5.70 Å². The number of allylic oxidation sites excluding steroid dienone is 3. The Balaban J connectivity index is 0. The van der Waals surface area contributed by atoms with Gasteiger partial charge in [0.05, 0.1) is 7.11 Å². The molecule has 1 rings (SSSR count). The third-order valence-electron chi connectivity index (χ3n) is 4.15. The summed E-state index contributed by atoms with van der Waals surface area (Å²) in [6.45, 7) is 9.74. The van der Waals surface area contributed by atoms with Crippen LogP contribution >= 0.6 is 0 Å². The van der Waals surface area contributed by atoms with Gasteiger partial charge >= 0.3 is 5.97 Å². The average Bonchev–Trinajstić information content (AvgIpc) is 2.75. The first kappa shape index (κ1) is 28.8. The van der Waals surface area contributed by atoms with Crippen LogP contribution in [0.3, 0.4) is 0 Å². The summed E-state index contributed by atoms with van der Waals surface area (Å²) < 4.78 is 4.11. The van der Waals surface area contributed by atoms with Crippen molar-refractivity contribution in [3.05, 3.63) is 53.1 Å². The van der Waals surface area contributed by atoms with Crippen LogP contribution in [0.4, 0.5) is 0 Å². The fraction of sp³-hybridized carbons (Fsp3) is 0.520. The van der Waals surface area contributed by atoms with E-state index in [2.05, 4.69) is 37.6 Å². The number of benzene rings is 1. The van der Waals surface area contributed by atoms with Gasteiger partial charge < -0.3 is 10.5 Å². The lowest BCUT2D eigenvalue weighted by Gasteiger charge is -2.02. The van der Waals surface area contributed by atoms with Gasteiger partial charge in [0, 0.05) is 12.6 Å². The van der Waals surface area contributed by atoms with Crippen molar-refractivity contribution >= 4 is 18.0 Å². The van der Waals surface area contributed by atoms with Crippen LogP contribution in [0, 0.1) is 0 Å². The number of ether oxygens (including phenoxy) is 1. The van der Waals surface area contributed by atoms with Gasteiger partial charge in [-0.05, 0) is 36.1 Å². The van der Waals surface area contributed by atoms with E-state index in [-0.39, 0.29) is 5.97 Å². The van der Waals surface area contributed by atoms with Crippen LogP contribution in [0.2, 0.25) is 0 Å². The van der Waals surface area contributed by atoms with E-state index in [0.717, 1.165) is 18.3 Å². The number of nitrogens with two attached hydrogens (primary N) is 1. The fourth-order valence-corrected chi connectivity index (χ4v) is 2.14. The van der Waals surface area contributed by atoms with E-state index in [9.17, 15) is 9.59 Å². The molecule has 0 aliphatic heterocycles. The third-order valence-corrected chi connectivity index (χ3v) is 4.15. The molecule has 4 heteroatoms. The minimum Gasteiger partial charge on any atom is -0.469 e. The number of rotatable bonds is 9. The second-order valence-corrected chi connectivity index (χ2v) is 6.81. The molecule has 0 fully saturated rings. The molecule has 1 aromatic carbocycles. The number of hydrogen-bond acceptors (Lipinski definition) is 4. The molecule has 0 spiro atoms. The number of carbonyl (C=O) groups is 2. The van der Waals surface area contributed by atoms with E-state index in [1.165, 1.54) is 58.1 Å². The summed E-state index contributed by atoms with van der Waals surface area (Å²) in [7, 11) is 1.35. The number of aldehydes is 1. The fourth-order valence-electron chi connectivity index (χ4n) is 2.14. The van der Waals surface area contributed by atoms with Gasteiger partial charge in [0.2, 0.25) is 0 Å². The predicted molar refractivity (Wildman–Crippen MR) is 125 cm³/mol. The maximum atomic E-state index is 10.4. The third kappa shape index (κ3) is 18.8. The first-order chi connectivity index (χ1) is 13.9. The number of aryl methyl sites for hydroxylation is 1. The molecule has 0 aliphatic rings. The molecule has 0 heterocycles. The zero-order chi connectivity index (χ0) is 22.5. The van der Waals surface area contributed by atoms with Crippen LogP contribution in [0.1, 0.15) is 84.3 Å². The van der Waals surface area contributed by atoms with Crippen LogP contribution in [-0.4, -0.2) is 19.4 Å². The number of unbranched alkanes of at least 4 members (excludes halogenated alkanes) is 5. The van der Waals surface area contributed by atoms with Crippen molar-refractivity contribution in [2.75, 3.05) is 7.11 Å². The molecule has 2 N–H and O–H groups in total. The van der Waals surface area contributed by atoms with Gasteiger partial charge in [-0.3, -0.25) is 9.59 Å². The SMILES string of the molecule is CCCCCCCC.CCc1ccc(/C(N)=C/C=C(\C)C=O)cc1.COC(C)=O. The lowest BCUT2D eigenvalue weighted by Crippen LogP contribution is -1.96. The van der Waals surface area contributed by atoms with E-state index in [1.54, 1.807) is 19.1 Å². The summed E-state index contributed by atoms with van der Waals surface area (Å²) in [4.78, 5) is 20.0. The normalized spacial score (nSPS) is 10.8. The van der Waals surface area contributed by atoms with E-state index in [0.29, 0.717) is 11.3 Å². The monoisotopic (exact) mass is 403 g/mol. The van der Waals surface area contributed by atoms with Crippen molar-refractivity contribution in [1.82, 2.24) is 0 Å². The Kier molecular flexibility index (Phi) is 20.3. The maximum absolute atomic E-state index is 10.4. The van der Waals surface area contributed by atoms with Gasteiger partial charge in [-0.1, -0.05) is 89.6 Å². The summed E-state index contributed by atoms with van der Waals surface area (Å²) >= 11 is 0. The average molecular weight is 404 g/mol. The van der Waals surface area contributed by atoms with Gasteiger partial charge in [-0.25, -0.2) is 0 Å². The van der Waals surface area contributed by atoms with E-state index >= 15 is 0 Å². The standard InChI is InChI=1S/C14H17NO.C8H18.C3H6O2/c1-3-12-5-7-13(8-6-12)14(15)9-4-11(2)10-16;1-3-5-7-8-6-4-2;1-3(4)5-2/h4-10H,3,15H2,1-2H3;3-8H2,1-2H3;1-2H3/b11-4+,14-9-;;. The summed E-state index contributed by atoms with van der Waals surface area (Å²) in [5.74, 6) is -0.245. The summed E-state index contributed by atoms with van der Waals surface area (Å²) in [5.41, 5.74) is 9.49.